The number of aryl methyl sites for hydroxylation is 1. The molecule has 2 aromatic rings. The van der Waals surface area contributed by atoms with Crippen LogP contribution in [0.1, 0.15) is 18.1 Å². The number of hydrogen-bond acceptors (Lipinski definition) is 5. The van der Waals surface area contributed by atoms with E-state index in [0.717, 1.165) is 11.1 Å². The Morgan fingerprint density at radius 2 is 1.86 bits per heavy atom. The van der Waals surface area contributed by atoms with Crippen molar-refractivity contribution in [1.82, 2.24) is 0 Å². The Bertz CT molecular complexity index is 843. The molecule has 1 fully saturated rings. The molecule has 0 spiro atoms. The van der Waals surface area contributed by atoms with Crippen molar-refractivity contribution in [3.05, 3.63) is 63.6 Å². The van der Waals surface area contributed by atoms with Gasteiger partial charge in [0.1, 0.15) is 24.0 Å². The first-order valence-electron chi connectivity index (χ1n) is 9.54. The Morgan fingerprint density at radius 3 is 2.55 bits per heavy atom. The third kappa shape index (κ3) is 5.86. The minimum Gasteiger partial charge on any atom is -0.486 e. The third-order valence-corrected chi connectivity index (χ3v) is 5.54. The summed E-state index contributed by atoms with van der Waals surface area (Å²) in [6.45, 7) is 4.26. The van der Waals surface area contributed by atoms with Gasteiger partial charge in [-0.15, -0.1) is 0 Å². The van der Waals surface area contributed by atoms with Crippen LogP contribution in [0.25, 0.3) is 0 Å². The number of benzene rings is 2. The number of halogens is 2. The maximum absolute atomic E-state index is 12.2. The van der Waals surface area contributed by atoms with Gasteiger partial charge in [-0.3, -0.25) is 4.79 Å². The van der Waals surface area contributed by atoms with Crippen molar-refractivity contribution in [2.24, 2.45) is 11.7 Å². The number of hydrogen-bond donors (Lipinski definition) is 1. The minimum absolute atomic E-state index is 0.0909. The fourth-order valence-electron chi connectivity index (χ4n) is 3.34. The summed E-state index contributed by atoms with van der Waals surface area (Å²) >= 11 is 12.4. The van der Waals surface area contributed by atoms with Crippen LogP contribution >= 0.6 is 23.2 Å². The second kappa shape index (κ2) is 9.81. The summed E-state index contributed by atoms with van der Waals surface area (Å²) in [6.07, 6.45) is -0.393. The van der Waals surface area contributed by atoms with Crippen LogP contribution in [0.3, 0.4) is 0 Å². The van der Waals surface area contributed by atoms with Crippen molar-refractivity contribution in [2.45, 2.75) is 38.5 Å². The molecule has 29 heavy (non-hydrogen) atoms. The summed E-state index contributed by atoms with van der Waals surface area (Å²) in [5.41, 5.74) is 7.91. The van der Waals surface area contributed by atoms with E-state index in [-0.39, 0.29) is 12.5 Å². The molecule has 1 heterocycles. The predicted octanol–water partition coefficient (Wildman–Crippen LogP) is 4.20. The SMILES string of the molecule is Cc1ccc(O[C@@H]2[C@@H](Cc3ccc(Cl)cc3Cl)COC[C@H](N)C(=O)O[C@H]2C)cc1. The van der Waals surface area contributed by atoms with Gasteiger partial charge < -0.3 is 19.9 Å². The van der Waals surface area contributed by atoms with Gasteiger partial charge in [0.2, 0.25) is 0 Å². The Kier molecular flexibility index (Phi) is 7.41. The number of ether oxygens (including phenoxy) is 3. The van der Waals surface area contributed by atoms with Gasteiger partial charge in [-0.25, -0.2) is 0 Å². The Balaban J connectivity index is 1.89. The van der Waals surface area contributed by atoms with Crippen LogP contribution in [0.5, 0.6) is 5.75 Å². The number of nitrogens with two attached hydrogens (primary N) is 1. The fraction of sp³-hybridized carbons (Fsp3) is 0.409. The van der Waals surface area contributed by atoms with Crippen molar-refractivity contribution in [3.63, 3.8) is 0 Å². The van der Waals surface area contributed by atoms with E-state index in [9.17, 15) is 4.79 Å². The maximum atomic E-state index is 12.2. The molecule has 1 aliphatic heterocycles. The van der Waals surface area contributed by atoms with E-state index in [0.29, 0.717) is 28.8 Å². The molecule has 2 N–H and O–H groups in total. The average Bonchev–Trinajstić information content (AvgIpc) is 2.72. The molecule has 5 nitrogen and oxygen atoms in total. The van der Waals surface area contributed by atoms with E-state index in [1.807, 2.05) is 44.2 Å². The quantitative estimate of drug-likeness (QED) is 0.725. The first-order valence-corrected chi connectivity index (χ1v) is 10.3. The first kappa shape index (κ1) is 21.9. The van der Waals surface area contributed by atoms with E-state index in [1.165, 1.54) is 0 Å². The number of carbonyl (C=O) groups excluding carboxylic acids is 1. The highest BCUT2D eigenvalue weighted by Crippen LogP contribution is 2.29. The smallest absolute Gasteiger partial charge is 0.325 e. The zero-order valence-electron chi connectivity index (χ0n) is 16.4. The lowest BCUT2D eigenvalue weighted by atomic mass is 9.91. The molecule has 156 valence electrons. The molecule has 0 aromatic heterocycles. The molecule has 3 rings (SSSR count). The summed E-state index contributed by atoms with van der Waals surface area (Å²) in [5.74, 6) is 0.0718. The van der Waals surface area contributed by atoms with Crippen LogP contribution in [0.15, 0.2) is 42.5 Å². The highest BCUT2D eigenvalue weighted by atomic mass is 35.5. The van der Waals surface area contributed by atoms with Gasteiger partial charge in [0.25, 0.3) is 0 Å². The van der Waals surface area contributed by atoms with E-state index >= 15 is 0 Å². The van der Waals surface area contributed by atoms with Gasteiger partial charge in [0.15, 0.2) is 0 Å². The second-order valence-corrected chi connectivity index (χ2v) is 8.23. The van der Waals surface area contributed by atoms with Crippen LogP contribution in [0.2, 0.25) is 10.0 Å². The molecular formula is C22H25Cl2NO4. The topological polar surface area (TPSA) is 70.8 Å². The number of carbonyl (C=O) groups is 1. The maximum Gasteiger partial charge on any atom is 0.325 e. The Morgan fingerprint density at radius 1 is 1.14 bits per heavy atom. The standard InChI is InChI=1S/C22H25Cl2NO4/c1-13-3-7-18(8-4-13)29-21-14(2)28-22(26)20(25)12-27-11-16(21)9-15-5-6-17(23)10-19(15)24/h3-8,10,14,16,20-21H,9,11-12,25H2,1-2H3/t14-,16-,20-,21-/m0/s1. The predicted molar refractivity (Wildman–Crippen MR) is 114 cm³/mol. The van der Waals surface area contributed by atoms with Crippen LogP contribution in [0, 0.1) is 12.8 Å². The molecule has 4 atom stereocenters. The van der Waals surface area contributed by atoms with Crippen LogP contribution in [0.4, 0.5) is 0 Å². The lowest BCUT2D eigenvalue weighted by Crippen LogP contribution is -2.43. The molecule has 0 radical (unpaired) electrons. The van der Waals surface area contributed by atoms with E-state index in [2.05, 4.69) is 0 Å². The fourth-order valence-corrected chi connectivity index (χ4v) is 3.83. The molecule has 1 aliphatic rings. The monoisotopic (exact) mass is 437 g/mol. The third-order valence-electron chi connectivity index (χ3n) is 4.95. The largest absolute Gasteiger partial charge is 0.486 e. The molecule has 7 heteroatoms. The highest BCUT2D eigenvalue weighted by Gasteiger charge is 2.35. The normalized spacial score (nSPS) is 25.5. The summed E-state index contributed by atoms with van der Waals surface area (Å²) in [5, 5.41) is 1.15. The molecule has 0 saturated carbocycles. The van der Waals surface area contributed by atoms with Crippen molar-refractivity contribution >= 4 is 29.2 Å². The Hall–Kier alpha value is -1.79. The van der Waals surface area contributed by atoms with Crippen LogP contribution in [-0.4, -0.2) is 37.4 Å². The molecule has 2 aromatic carbocycles. The highest BCUT2D eigenvalue weighted by molar-refractivity contribution is 6.35. The second-order valence-electron chi connectivity index (χ2n) is 7.38. The summed E-state index contributed by atoms with van der Waals surface area (Å²) in [6, 6.07) is 12.3. The van der Waals surface area contributed by atoms with Gasteiger partial charge >= 0.3 is 5.97 Å². The van der Waals surface area contributed by atoms with Gasteiger partial charge in [0.05, 0.1) is 13.2 Å². The molecule has 0 aliphatic carbocycles. The lowest BCUT2D eigenvalue weighted by Gasteiger charge is -2.31. The minimum atomic E-state index is -0.824. The molecule has 1 saturated heterocycles. The van der Waals surface area contributed by atoms with Gasteiger partial charge in [-0.2, -0.15) is 0 Å². The van der Waals surface area contributed by atoms with Gasteiger partial charge in [-0.1, -0.05) is 47.0 Å². The van der Waals surface area contributed by atoms with Crippen molar-refractivity contribution in [2.75, 3.05) is 13.2 Å². The van der Waals surface area contributed by atoms with Crippen molar-refractivity contribution < 1.29 is 19.0 Å². The first-order chi connectivity index (χ1) is 13.8. The number of esters is 1. The number of cyclic esters (lactones) is 1. The molecule has 0 amide bonds. The van der Waals surface area contributed by atoms with Gasteiger partial charge in [-0.05, 0) is 50.1 Å². The van der Waals surface area contributed by atoms with Crippen LogP contribution < -0.4 is 10.5 Å². The Labute approximate surface area is 181 Å². The summed E-state index contributed by atoms with van der Waals surface area (Å²) < 4.78 is 17.6. The van der Waals surface area contributed by atoms with E-state index < -0.39 is 24.2 Å². The van der Waals surface area contributed by atoms with Crippen molar-refractivity contribution in [1.29, 1.82) is 0 Å². The lowest BCUT2D eigenvalue weighted by molar-refractivity contribution is -0.155. The summed E-state index contributed by atoms with van der Waals surface area (Å²) in [7, 11) is 0. The summed E-state index contributed by atoms with van der Waals surface area (Å²) in [4.78, 5) is 12.2. The van der Waals surface area contributed by atoms with E-state index in [4.69, 9.17) is 43.1 Å². The van der Waals surface area contributed by atoms with E-state index in [1.54, 1.807) is 12.1 Å². The molecule has 0 bridgehead atoms. The van der Waals surface area contributed by atoms with Gasteiger partial charge in [0, 0.05) is 16.0 Å². The average molecular weight is 438 g/mol. The number of rotatable bonds is 4. The van der Waals surface area contributed by atoms with Crippen LogP contribution in [-0.2, 0) is 20.7 Å². The van der Waals surface area contributed by atoms with Crippen molar-refractivity contribution in [3.8, 4) is 5.75 Å². The molecular weight excluding hydrogens is 413 g/mol. The molecule has 0 unspecified atom stereocenters. The zero-order chi connectivity index (χ0) is 21.0. The zero-order valence-corrected chi connectivity index (χ0v) is 18.0.